The lowest BCUT2D eigenvalue weighted by molar-refractivity contribution is 0.277. The minimum Gasteiger partial charge on any atom is -0.388 e. The van der Waals surface area contributed by atoms with Crippen molar-refractivity contribution >= 4 is 9.84 Å². The Labute approximate surface area is 212 Å². The molecule has 0 fully saturated rings. The number of methoxy groups -OCH3 is 2. The Morgan fingerprint density at radius 3 is 0.857 bits per heavy atom. The predicted octanol–water partition coefficient (Wildman–Crippen LogP) is 7.42. The molecule has 0 amide bonds. The first kappa shape index (κ1) is 31.8. The summed E-state index contributed by atoms with van der Waals surface area (Å²) in [4.78, 5) is 0.660. The lowest BCUT2D eigenvalue weighted by Gasteiger charge is -2.03. The van der Waals surface area contributed by atoms with E-state index in [1.807, 2.05) is 26.0 Å². The van der Waals surface area contributed by atoms with Crippen LogP contribution in [-0.4, -0.2) is 36.9 Å². The normalized spacial score (nSPS) is 9.31. The van der Waals surface area contributed by atoms with Gasteiger partial charge in [-0.2, -0.15) is 0 Å². The van der Waals surface area contributed by atoms with Crippen molar-refractivity contribution in [1.29, 1.82) is 0 Å². The molecule has 0 aromatic heterocycles. The average molecular weight is 495 g/mol. The van der Waals surface area contributed by atoms with E-state index in [9.17, 15) is 8.42 Å². The number of rotatable bonds is 3. The molecule has 0 spiro atoms. The molecule has 0 N–H and O–H groups in total. The summed E-state index contributed by atoms with van der Waals surface area (Å²) < 4.78 is 32.6. The summed E-state index contributed by atoms with van der Waals surface area (Å²) in [5.41, 5.74) is 2.55. The zero-order valence-corrected chi connectivity index (χ0v) is 22.4. The largest absolute Gasteiger partial charge is 0.388 e. The molecule has 4 nitrogen and oxygen atoms in total. The summed E-state index contributed by atoms with van der Waals surface area (Å²) in [6.07, 6.45) is 0. The second kappa shape index (κ2) is 20.2. The second-order valence-electron chi connectivity index (χ2n) is 6.68. The predicted molar refractivity (Wildman–Crippen MR) is 147 cm³/mol. The Kier molecular flexibility index (Phi) is 18.3. The summed E-state index contributed by atoms with van der Waals surface area (Å²) in [7, 11) is 3.16. The number of ether oxygens (including phenoxy) is 2. The highest BCUT2D eigenvalue weighted by Crippen LogP contribution is 2.19. The molecule has 0 radical (unpaired) electrons. The molecule has 0 unspecified atom stereocenters. The molecule has 0 heterocycles. The van der Waals surface area contributed by atoms with Crippen LogP contribution in [0.2, 0.25) is 0 Å². The van der Waals surface area contributed by atoms with Crippen LogP contribution < -0.4 is 0 Å². The molecular formula is C30H38O4S. The van der Waals surface area contributed by atoms with E-state index in [0.29, 0.717) is 9.79 Å². The minimum absolute atomic E-state index is 0.330. The molecular weight excluding hydrogens is 456 g/mol. The summed E-state index contributed by atoms with van der Waals surface area (Å²) in [6, 6.07) is 37.6. The molecule has 0 aliphatic heterocycles. The van der Waals surface area contributed by atoms with E-state index in [1.54, 1.807) is 89.1 Å². The van der Waals surface area contributed by atoms with E-state index < -0.39 is 9.84 Å². The zero-order valence-electron chi connectivity index (χ0n) is 21.6. The van der Waals surface area contributed by atoms with Gasteiger partial charge >= 0.3 is 0 Å². The lowest BCUT2D eigenvalue weighted by atomic mass is 10.1. The molecule has 4 aromatic rings. The number of hydrogen-bond acceptors (Lipinski definition) is 4. The highest BCUT2D eigenvalue weighted by atomic mass is 32.2. The fraction of sp³-hybridized carbons (Fsp3) is 0.200. The van der Waals surface area contributed by atoms with Gasteiger partial charge in [-0.25, -0.2) is 8.42 Å². The van der Waals surface area contributed by atoms with Crippen molar-refractivity contribution < 1.29 is 17.9 Å². The molecule has 0 atom stereocenters. The lowest BCUT2D eigenvalue weighted by Crippen LogP contribution is -2.00. The van der Waals surface area contributed by atoms with E-state index in [1.165, 1.54) is 11.1 Å². The minimum atomic E-state index is -3.34. The topological polar surface area (TPSA) is 52.6 Å². The number of benzene rings is 4. The van der Waals surface area contributed by atoms with Crippen molar-refractivity contribution in [3.8, 4) is 11.1 Å². The fourth-order valence-corrected chi connectivity index (χ4v) is 3.90. The molecule has 188 valence electrons. The number of sulfone groups is 1. The maximum absolute atomic E-state index is 12.0. The smallest absolute Gasteiger partial charge is 0.206 e. The Balaban J connectivity index is 0.000000517. The van der Waals surface area contributed by atoms with Crippen LogP contribution in [0, 0.1) is 0 Å². The van der Waals surface area contributed by atoms with Gasteiger partial charge < -0.3 is 9.47 Å². The highest BCUT2D eigenvalue weighted by molar-refractivity contribution is 7.91. The second-order valence-corrected chi connectivity index (χ2v) is 8.63. The van der Waals surface area contributed by atoms with Crippen molar-refractivity contribution in [3.63, 3.8) is 0 Å². The average Bonchev–Trinajstić information content (AvgIpc) is 2.93. The molecule has 4 aromatic carbocycles. The molecule has 0 bridgehead atoms. The van der Waals surface area contributed by atoms with Gasteiger partial charge in [0.15, 0.2) is 0 Å². The van der Waals surface area contributed by atoms with Crippen LogP contribution in [0.5, 0.6) is 0 Å². The molecule has 0 aliphatic rings. The maximum Gasteiger partial charge on any atom is 0.206 e. The van der Waals surface area contributed by atoms with Crippen LogP contribution in [0.4, 0.5) is 0 Å². The van der Waals surface area contributed by atoms with E-state index in [0.717, 1.165) is 0 Å². The van der Waals surface area contributed by atoms with Gasteiger partial charge in [0.25, 0.3) is 0 Å². The van der Waals surface area contributed by atoms with Gasteiger partial charge in [-0.3, -0.25) is 0 Å². The van der Waals surface area contributed by atoms with Crippen LogP contribution in [0.1, 0.15) is 13.8 Å². The van der Waals surface area contributed by atoms with Crippen LogP contribution in [-0.2, 0) is 19.3 Å². The van der Waals surface area contributed by atoms with E-state index in [-0.39, 0.29) is 0 Å². The van der Waals surface area contributed by atoms with Gasteiger partial charge in [-0.15, -0.1) is 0 Å². The van der Waals surface area contributed by atoms with Gasteiger partial charge in [0.1, 0.15) is 0 Å². The summed E-state index contributed by atoms with van der Waals surface area (Å²) in [5, 5.41) is 0. The standard InChI is InChI=1S/C12H10O2S.C12H10.2C2H6O.C2H6/c13-15(14,11-7-3-1-4-8-11)12-9-5-2-6-10-12;1-3-7-11(8-4-1)12-9-5-2-6-10-12;2*1-3-2;1-2/h1-10H;1-10H;2*1-2H3;1-2H3. The molecule has 35 heavy (non-hydrogen) atoms. The molecule has 0 saturated heterocycles. The van der Waals surface area contributed by atoms with E-state index in [2.05, 4.69) is 58.0 Å². The maximum atomic E-state index is 12.0. The van der Waals surface area contributed by atoms with Crippen LogP contribution >= 0.6 is 0 Å². The first-order chi connectivity index (χ1) is 17.0. The van der Waals surface area contributed by atoms with Crippen molar-refractivity contribution in [2.45, 2.75) is 23.6 Å². The van der Waals surface area contributed by atoms with Crippen LogP contribution in [0.25, 0.3) is 11.1 Å². The van der Waals surface area contributed by atoms with Gasteiger partial charge in [0, 0.05) is 28.4 Å². The third-order valence-corrected chi connectivity index (χ3v) is 5.77. The molecule has 0 aliphatic carbocycles. The summed E-state index contributed by atoms with van der Waals surface area (Å²) in [5.74, 6) is 0. The third kappa shape index (κ3) is 12.7. The van der Waals surface area contributed by atoms with Gasteiger partial charge in [-0.05, 0) is 35.4 Å². The van der Waals surface area contributed by atoms with Gasteiger partial charge in [0.05, 0.1) is 9.79 Å². The van der Waals surface area contributed by atoms with Gasteiger partial charge in [-0.1, -0.05) is 111 Å². The molecule has 5 heteroatoms. The zero-order chi connectivity index (χ0) is 26.4. The van der Waals surface area contributed by atoms with Crippen molar-refractivity contribution in [3.05, 3.63) is 121 Å². The first-order valence-corrected chi connectivity index (χ1v) is 12.8. The van der Waals surface area contributed by atoms with Crippen molar-refractivity contribution in [2.75, 3.05) is 28.4 Å². The molecule has 4 rings (SSSR count). The summed E-state index contributed by atoms with van der Waals surface area (Å²) in [6.45, 7) is 4.00. The molecule has 0 saturated carbocycles. The summed E-state index contributed by atoms with van der Waals surface area (Å²) >= 11 is 0. The first-order valence-electron chi connectivity index (χ1n) is 11.3. The van der Waals surface area contributed by atoms with Crippen LogP contribution in [0.15, 0.2) is 131 Å². The number of hydrogen-bond donors (Lipinski definition) is 0. The van der Waals surface area contributed by atoms with Crippen molar-refractivity contribution in [1.82, 2.24) is 0 Å². The Bertz CT molecular complexity index is 999. The Morgan fingerprint density at radius 2 is 0.629 bits per heavy atom. The van der Waals surface area contributed by atoms with E-state index in [4.69, 9.17) is 0 Å². The van der Waals surface area contributed by atoms with Crippen LogP contribution in [0.3, 0.4) is 0 Å². The third-order valence-electron chi connectivity index (χ3n) is 3.99. The van der Waals surface area contributed by atoms with E-state index >= 15 is 0 Å². The SMILES string of the molecule is CC.COC.COC.O=S(=O)(c1ccccc1)c1ccccc1.c1ccc(-c2ccccc2)cc1. The highest BCUT2D eigenvalue weighted by Gasteiger charge is 2.15. The van der Waals surface area contributed by atoms with Crippen molar-refractivity contribution in [2.24, 2.45) is 0 Å². The van der Waals surface area contributed by atoms with Gasteiger partial charge in [0.2, 0.25) is 9.84 Å². The monoisotopic (exact) mass is 494 g/mol. The Hall–Kier alpha value is -3.25. The Morgan fingerprint density at radius 1 is 0.429 bits per heavy atom. The fourth-order valence-electron chi connectivity index (χ4n) is 2.60. The quantitative estimate of drug-likeness (QED) is 0.297.